The molecule has 0 aliphatic carbocycles. The summed E-state index contributed by atoms with van der Waals surface area (Å²) in [5, 5.41) is 0. The minimum Gasteiger partial charge on any atom is -0.489 e. The zero-order valence-corrected chi connectivity index (χ0v) is 10.00. The number of carbonyl (C=O) groups is 1. The van der Waals surface area contributed by atoms with Gasteiger partial charge in [0.25, 0.3) is 0 Å². The van der Waals surface area contributed by atoms with Gasteiger partial charge in [-0.3, -0.25) is 4.79 Å². The van der Waals surface area contributed by atoms with Crippen molar-refractivity contribution in [1.82, 2.24) is 0 Å². The van der Waals surface area contributed by atoms with E-state index >= 15 is 0 Å². The summed E-state index contributed by atoms with van der Waals surface area (Å²) in [5.41, 5.74) is 0.914. The Kier molecular flexibility index (Phi) is 3.39. The average Bonchev–Trinajstić information content (AvgIpc) is 2.61. The molecule has 2 rings (SSSR count). The fourth-order valence-corrected chi connectivity index (χ4v) is 1.91. The highest BCUT2D eigenvalue weighted by Gasteiger charge is 2.27. The summed E-state index contributed by atoms with van der Waals surface area (Å²) in [6.07, 6.45) is 0.972. The monoisotopic (exact) mass is 238 g/mol. The van der Waals surface area contributed by atoms with Crippen LogP contribution in [-0.2, 0) is 9.53 Å². The van der Waals surface area contributed by atoms with Crippen molar-refractivity contribution in [2.45, 2.75) is 30.8 Å². The molecule has 0 N–H and O–H groups in total. The third kappa shape index (κ3) is 2.32. The fraction of sp³-hybridized carbons (Fsp3) is 0.417. The third-order valence-electron chi connectivity index (χ3n) is 2.46. The van der Waals surface area contributed by atoms with Crippen LogP contribution in [0.4, 0.5) is 0 Å². The second-order valence-electron chi connectivity index (χ2n) is 3.76. The molecule has 1 aliphatic heterocycles. The lowest BCUT2D eigenvalue weighted by molar-refractivity contribution is -0.149. The van der Waals surface area contributed by atoms with Crippen molar-refractivity contribution in [1.29, 1.82) is 0 Å². The van der Waals surface area contributed by atoms with Gasteiger partial charge in [0.2, 0.25) is 0 Å². The largest absolute Gasteiger partial charge is 0.489 e. The molecule has 0 radical (unpaired) electrons. The van der Waals surface area contributed by atoms with E-state index in [4.69, 9.17) is 9.47 Å². The molecule has 1 heterocycles. The summed E-state index contributed by atoms with van der Waals surface area (Å²) in [7, 11) is 0. The number of hydrogen-bond donors (Lipinski definition) is 1. The van der Waals surface area contributed by atoms with Gasteiger partial charge in [0.05, 0.1) is 0 Å². The van der Waals surface area contributed by atoms with E-state index in [0.717, 1.165) is 22.6 Å². The molecule has 0 amide bonds. The van der Waals surface area contributed by atoms with E-state index in [1.54, 1.807) is 0 Å². The van der Waals surface area contributed by atoms with E-state index in [1.807, 2.05) is 25.1 Å². The Morgan fingerprint density at radius 1 is 1.62 bits per heavy atom. The van der Waals surface area contributed by atoms with Gasteiger partial charge in [-0.2, -0.15) is 0 Å². The van der Waals surface area contributed by atoms with E-state index in [9.17, 15) is 4.79 Å². The smallest absolute Gasteiger partial charge is 0.306 e. The first-order valence-corrected chi connectivity index (χ1v) is 5.80. The van der Waals surface area contributed by atoms with Crippen LogP contribution >= 0.6 is 12.6 Å². The quantitative estimate of drug-likeness (QED) is 0.649. The van der Waals surface area contributed by atoms with Crippen LogP contribution in [0.25, 0.3) is 0 Å². The van der Waals surface area contributed by atoms with Crippen LogP contribution in [0.5, 0.6) is 5.75 Å². The minimum absolute atomic E-state index is 0.173. The Hall–Kier alpha value is -1.16. The second kappa shape index (κ2) is 4.78. The maximum atomic E-state index is 11.4. The first-order chi connectivity index (χ1) is 7.70. The normalized spacial score (nSPS) is 17.8. The van der Waals surface area contributed by atoms with E-state index in [-0.39, 0.29) is 12.1 Å². The molecule has 0 spiro atoms. The van der Waals surface area contributed by atoms with E-state index in [2.05, 4.69) is 12.6 Å². The number of thiol groups is 1. The highest BCUT2D eigenvalue weighted by Crippen LogP contribution is 2.36. The standard InChI is InChI=1S/C12H14O3S/c1-2-3-12(13)15-11-7-14-10-5-4-8(16)6-9(10)11/h4-6,11,16H,2-3,7H2,1H3. The number of benzene rings is 1. The van der Waals surface area contributed by atoms with E-state index < -0.39 is 0 Å². The molecule has 4 heteroatoms. The Bertz CT molecular complexity index is 403. The Balaban J connectivity index is 2.11. The first kappa shape index (κ1) is 11.3. The van der Waals surface area contributed by atoms with Crippen LogP contribution in [-0.4, -0.2) is 12.6 Å². The number of carbonyl (C=O) groups excluding carboxylic acids is 1. The molecule has 86 valence electrons. The van der Waals surface area contributed by atoms with Crippen molar-refractivity contribution in [3.8, 4) is 5.75 Å². The molecule has 0 saturated carbocycles. The van der Waals surface area contributed by atoms with Gasteiger partial charge < -0.3 is 9.47 Å². The van der Waals surface area contributed by atoms with Gasteiger partial charge in [-0.25, -0.2) is 0 Å². The van der Waals surface area contributed by atoms with Gasteiger partial charge in [0, 0.05) is 16.9 Å². The number of fused-ring (bicyclic) bond motifs is 1. The first-order valence-electron chi connectivity index (χ1n) is 5.36. The fourth-order valence-electron chi connectivity index (χ4n) is 1.69. The average molecular weight is 238 g/mol. The number of esters is 1. The molecule has 0 aromatic heterocycles. The summed E-state index contributed by atoms with van der Waals surface area (Å²) < 4.78 is 10.8. The predicted octanol–water partition coefficient (Wildman–Crippen LogP) is 2.75. The molecule has 0 saturated heterocycles. The zero-order chi connectivity index (χ0) is 11.5. The van der Waals surface area contributed by atoms with Gasteiger partial charge in [-0.05, 0) is 24.6 Å². The third-order valence-corrected chi connectivity index (χ3v) is 2.74. The topological polar surface area (TPSA) is 35.5 Å². The molecule has 16 heavy (non-hydrogen) atoms. The van der Waals surface area contributed by atoms with Gasteiger partial charge in [0.1, 0.15) is 12.4 Å². The minimum atomic E-state index is -0.277. The van der Waals surface area contributed by atoms with Crippen molar-refractivity contribution in [3.63, 3.8) is 0 Å². The molecule has 1 atom stereocenters. The molecule has 3 nitrogen and oxygen atoms in total. The number of rotatable bonds is 3. The van der Waals surface area contributed by atoms with Crippen molar-refractivity contribution in [3.05, 3.63) is 23.8 Å². The van der Waals surface area contributed by atoms with E-state index in [0.29, 0.717) is 13.0 Å². The van der Waals surface area contributed by atoms with Crippen LogP contribution in [0.15, 0.2) is 23.1 Å². The van der Waals surface area contributed by atoms with Gasteiger partial charge in [-0.15, -0.1) is 12.6 Å². The summed E-state index contributed by atoms with van der Waals surface area (Å²) in [4.78, 5) is 12.2. The highest BCUT2D eigenvalue weighted by atomic mass is 32.1. The number of ether oxygens (including phenoxy) is 2. The summed E-state index contributed by atoms with van der Waals surface area (Å²) in [5.74, 6) is 0.612. The van der Waals surface area contributed by atoms with Crippen molar-refractivity contribution < 1.29 is 14.3 Å². The van der Waals surface area contributed by atoms with Crippen LogP contribution in [0.1, 0.15) is 31.4 Å². The summed E-state index contributed by atoms with van der Waals surface area (Å²) in [6, 6.07) is 5.60. The van der Waals surface area contributed by atoms with Crippen molar-refractivity contribution in [2.24, 2.45) is 0 Å². The lowest BCUT2D eigenvalue weighted by atomic mass is 10.1. The summed E-state index contributed by atoms with van der Waals surface area (Å²) in [6.45, 7) is 2.36. The van der Waals surface area contributed by atoms with Gasteiger partial charge >= 0.3 is 5.97 Å². The van der Waals surface area contributed by atoms with Gasteiger partial charge in [-0.1, -0.05) is 6.92 Å². The van der Waals surface area contributed by atoms with Crippen LogP contribution in [0.2, 0.25) is 0 Å². The number of hydrogen-bond acceptors (Lipinski definition) is 4. The molecule has 1 aromatic carbocycles. The Morgan fingerprint density at radius 3 is 3.19 bits per heavy atom. The lowest BCUT2D eigenvalue weighted by Gasteiger charge is -2.10. The van der Waals surface area contributed by atoms with Crippen LogP contribution in [0.3, 0.4) is 0 Å². The van der Waals surface area contributed by atoms with Crippen molar-refractivity contribution >= 4 is 18.6 Å². The molecular formula is C12H14O3S. The molecule has 1 unspecified atom stereocenters. The Labute approximate surface area is 100 Å². The molecule has 0 fully saturated rings. The predicted molar refractivity (Wildman–Crippen MR) is 62.9 cm³/mol. The van der Waals surface area contributed by atoms with Gasteiger partial charge in [0.15, 0.2) is 6.10 Å². The molecule has 1 aliphatic rings. The van der Waals surface area contributed by atoms with Crippen LogP contribution in [0, 0.1) is 0 Å². The zero-order valence-electron chi connectivity index (χ0n) is 9.10. The maximum absolute atomic E-state index is 11.4. The van der Waals surface area contributed by atoms with E-state index in [1.165, 1.54) is 0 Å². The molecule has 1 aromatic rings. The highest BCUT2D eigenvalue weighted by molar-refractivity contribution is 7.80. The Morgan fingerprint density at radius 2 is 2.44 bits per heavy atom. The lowest BCUT2D eigenvalue weighted by Crippen LogP contribution is -2.12. The maximum Gasteiger partial charge on any atom is 0.306 e. The molecule has 0 bridgehead atoms. The summed E-state index contributed by atoms with van der Waals surface area (Å²) >= 11 is 4.26. The second-order valence-corrected chi connectivity index (χ2v) is 4.28. The SMILES string of the molecule is CCCC(=O)OC1COc2ccc(S)cc21. The van der Waals surface area contributed by atoms with Crippen LogP contribution < -0.4 is 4.74 Å². The van der Waals surface area contributed by atoms with Crippen molar-refractivity contribution in [2.75, 3.05) is 6.61 Å². The molecular weight excluding hydrogens is 224 g/mol.